The molecule has 57 heavy (non-hydrogen) atoms. The van der Waals surface area contributed by atoms with Crippen LogP contribution in [-0.2, 0) is 19.2 Å². The van der Waals surface area contributed by atoms with Gasteiger partial charge in [-0.2, -0.15) is 0 Å². The molecule has 0 radical (unpaired) electrons. The Balaban J connectivity index is 1.18. The molecule has 4 aromatic rings. The smallest absolute Gasteiger partial charge is 0.258 e. The largest absolute Gasteiger partial charge is 0.504 e. The summed E-state index contributed by atoms with van der Waals surface area (Å²) in [6.07, 6.45) is 5.35. The minimum Gasteiger partial charge on any atom is -0.504 e. The lowest BCUT2D eigenvalue weighted by Gasteiger charge is -2.50. The Labute approximate surface area is 345 Å². The monoisotopic (exact) mass is 874 g/mol. The third kappa shape index (κ3) is 5.86. The van der Waals surface area contributed by atoms with Gasteiger partial charge in [-0.15, -0.1) is 23.2 Å². The molecule has 4 aromatic carbocycles. The van der Waals surface area contributed by atoms with Crippen molar-refractivity contribution in [1.82, 2.24) is 0 Å². The molecule has 10 nitrogen and oxygen atoms in total. The Hall–Kier alpha value is -5.17. The maximum Gasteiger partial charge on any atom is 0.258 e. The zero-order chi connectivity index (χ0) is 40.6. The molecule has 14 heteroatoms. The van der Waals surface area contributed by atoms with Gasteiger partial charge in [0.15, 0.2) is 21.2 Å². The molecule has 4 amide bonds. The van der Waals surface area contributed by atoms with E-state index >= 15 is 0 Å². The van der Waals surface area contributed by atoms with Crippen molar-refractivity contribution in [2.75, 3.05) is 31.1 Å². The molecule has 8 rings (SSSR count). The van der Waals surface area contributed by atoms with Crippen molar-refractivity contribution in [3.8, 4) is 23.0 Å². The van der Waals surface area contributed by atoms with Gasteiger partial charge in [0.25, 0.3) is 11.8 Å². The van der Waals surface area contributed by atoms with Gasteiger partial charge < -0.3 is 19.3 Å². The number of aromatic hydroxyl groups is 1. The van der Waals surface area contributed by atoms with Gasteiger partial charge in [0, 0.05) is 21.5 Å². The number of methoxy groups -OCH3 is 3. The first kappa shape index (κ1) is 38.7. The molecule has 0 aromatic heterocycles. The fourth-order valence-corrected chi connectivity index (χ4v) is 10.2. The predicted octanol–water partition coefficient (Wildman–Crippen LogP) is 8.26. The number of benzene rings is 4. The fourth-order valence-electron chi connectivity index (χ4n) is 8.86. The molecule has 1 N–H and O–H groups in total. The summed E-state index contributed by atoms with van der Waals surface area (Å²) in [4.78, 5) is 55.6. The molecule has 4 aliphatic rings. The number of hydrogen-bond acceptors (Lipinski definition) is 8. The van der Waals surface area contributed by atoms with Gasteiger partial charge in [-0.3, -0.25) is 24.1 Å². The summed E-state index contributed by atoms with van der Waals surface area (Å²) in [6.45, 7) is 0. The zero-order valence-electron chi connectivity index (χ0n) is 30.7. The quantitative estimate of drug-likeness (QED) is 0.0813. The second-order valence-electron chi connectivity index (χ2n) is 14.3. The normalized spacial score (nSPS) is 26.7. The van der Waals surface area contributed by atoms with Gasteiger partial charge >= 0.3 is 0 Å². The van der Waals surface area contributed by atoms with Crippen molar-refractivity contribution >= 4 is 86.3 Å². The molecular formula is C43H34BrCl2FN2O8. The van der Waals surface area contributed by atoms with E-state index in [1.165, 1.54) is 25.3 Å². The Bertz CT molecular complexity index is 2420. The van der Waals surface area contributed by atoms with E-state index < -0.39 is 62.9 Å². The molecule has 6 atom stereocenters. The highest BCUT2D eigenvalue weighted by atomic mass is 79.9. The summed E-state index contributed by atoms with van der Waals surface area (Å²) in [5.41, 5.74) is 2.60. The molecule has 2 aliphatic heterocycles. The molecule has 2 heterocycles. The SMILES string of the molecule is COc1ccc(OC)c(C=Cc2ccc(N3C(=O)C4CC=C5C(CC6(Cl)C(=O)N(c7ccc(F)cc7)C(=O)C6(Cl)C5c5cc(Br)cc(OC)c5O)C4C3=O)cc2)c1. The van der Waals surface area contributed by atoms with E-state index in [1.807, 2.05) is 18.2 Å². The van der Waals surface area contributed by atoms with E-state index in [2.05, 4.69) is 15.9 Å². The number of rotatable bonds is 8. The minimum absolute atomic E-state index is 0.0460. The van der Waals surface area contributed by atoms with E-state index in [0.29, 0.717) is 27.2 Å². The first-order chi connectivity index (χ1) is 27.3. The van der Waals surface area contributed by atoms with E-state index in [-0.39, 0.29) is 35.6 Å². The Kier molecular flexibility index (Phi) is 9.73. The number of phenols is 1. The van der Waals surface area contributed by atoms with Crippen LogP contribution in [0.2, 0.25) is 0 Å². The van der Waals surface area contributed by atoms with Gasteiger partial charge in [-0.1, -0.05) is 51.9 Å². The number of fused-ring (bicyclic) bond motifs is 4. The highest BCUT2D eigenvalue weighted by Crippen LogP contribution is 2.67. The van der Waals surface area contributed by atoms with Crippen LogP contribution in [-0.4, -0.2) is 59.8 Å². The highest BCUT2D eigenvalue weighted by molar-refractivity contribution is 9.10. The number of alkyl halides is 2. The van der Waals surface area contributed by atoms with E-state index in [9.17, 15) is 28.7 Å². The van der Waals surface area contributed by atoms with Crippen LogP contribution in [0.5, 0.6) is 23.0 Å². The number of allylic oxidation sites excluding steroid dienone is 2. The molecular weight excluding hydrogens is 842 g/mol. The van der Waals surface area contributed by atoms with Crippen molar-refractivity contribution in [1.29, 1.82) is 0 Å². The number of carbonyl (C=O) groups excluding carboxylic acids is 4. The topological polar surface area (TPSA) is 123 Å². The molecule has 2 aliphatic carbocycles. The lowest BCUT2D eigenvalue weighted by Crippen LogP contribution is -2.60. The van der Waals surface area contributed by atoms with Crippen LogP contribution in [0, 0.1) is 23.6 Å². The van der Waals surface area contributed by atoms with Crippen LogP contribution in [0.25, 0.3) is 12.2 Å². The maximum atomic E-state index is 14.7. The number of ether oxygens (including phenoxy) is 3. The fraction of sp³-hybridized carbons (Fsp3) is 0.256. The molecule has 6 unspecified atom stereocenters. The van der Waals surface area contributed by atoms with E-state index in [0.717, 1.165) is 33.1 Å². The average molecular weight is 877 g/mol. The number of nitrogens with zero attached hydrogens (tertiary/aromatic N) is 2. The number of anilines is 2. The second-order valence-corrected chi connectivity index (χ2v) is 16.5. The molecule has 0 bridgehead atoms. The standard InChI is InChI=1S/C43H34BrCl2FN2O8/c1-55-28-14-17-33(56-2)23(18-28)7-4-22-5-10-26(11-6-22)48-38(51)30-16-15-29-32(35(30)39(48)52)21-42(45)40(53)49(27-12-8-25(47)9-13-27)41(54)43(42,46)36(29)31-19-24(44)20-34(57-3)37(31)50/h4-15,17-20,30,32,35-36,50H,16,21H2,1-3H3. The summed E-state index contributed by atoms with van der Waals surface area (Å²) in [5, 5.41) is 11.6. The van der Waals surface area contributed by atoms with Crippen LogP contribution in [0.4, 0.5) is 15.8 Å². The van der Waals surface area contributed by atoms with Crippen molar-refractivity contribution in [2.45, 2.75) is 28.5 Å². The second kappa shape index (κ2) is 14.3. The minimum atomic E-state index is -2.23. The molecule has 1 saturated carbocycles. The van der Waals surface area contributed by atoms with Gasteiger partial charge in [0.2, 0.25) is 11.8 Å². The van der Waals surface area contributed by atoms with Crippen LogP contribution in [0.3, 0.4) is 0 Å². The van der Waals surface area contributed by atoms with Crippen LogP contribution < -0.4 is 24.0 Å². The van der Waals surface area contributed by atoms with Gasteiger partial charge in [-0.05, 0) is 91.1 Å². The Morgan fingerprint density at radius 2 is 1.46 bits per heavy atom. The maximum absolute atomic E-state index is 14.7. The van der Waals surface area contributed by atoms with Crippen molar-refractivity contribution in [2.24, 2.45) is 17.8 Å². The third-order valence-electron chi connectivity index (χ3n) is 11.5. The predicted molar refractivity (Wildman–Crippen MR) is 216 cm³/mol. The highest BCUT2D eigenvalue weighted by Gasteiger charge is 2.77. The number of halogens is 4. The van der Waals surface area contributed by atoms with Crippen molar-refractivity contribution < 1.29 is 42.9 Å². The molecule has 2 saturated heterocycles. The van der Waals surface area contributed by atoms with E-state index in [1.54, 1.807) is 62.8 Å². The van der Waals surface area contributed by atoms with Crippen molar-refractivity contribution in [3.63, 3.8) is 0 Å². The lowest BCUT2D eigenvalue weighted by atomic mass is 9.56. The summed E-state index contributed by atoms with van der Waals surface area (Å²) >= 11 is 18.4. The first-order valence-corrected chi connectivity index (χ1v) is 19.5. The number of amides is 4. The number of hydrogen-bond donors (Lipinski definition) is 1. The molecule has 3 fully saturated rings. The van der Waals surface area contributed by atoms with Gasteiger partial charge in [0.1, 0.15) is 17.3 Å². The summed E-state index contributed by atoms with van der Waals surface area (Å²) in [6, 6.07) is 20.2. The van der Waals surface area contributed by atoms with Crippen LogP contribution in [0.1, 0.15) is 35.4 Å². The Morgan fingerprint density at radius 3 is 2.12 bits per heavy atom. The van der Waals surface area contributed by atoms with Gasteiger partial charge in [-0.25, -0.2) is 9.29 Å². The number of imide groups is 2. The summed E-state index contributed by atoms with van der Waals surface area (Å²) in [5.74, 6) is -6.11. The van der Waals surface area contributed by atoms with Gasteiger partial charge in [0.05, 0.1) is 44.5 Å². The van der Waals surface area contributed by atoms with Crippen LogP contribution in [0.15, 0.2) is 95.0 Å². The summed E-state index contributed by atoms with van der Waals surface area (Å²) < 4.78 is 30.7. The number of carbonyl (C=O) groups is 4. The number of phenolic OH excluding ortho intramolecular Hbond substituents is 1. The lowest BCUT2D eigenvalue weighted by molar-refractivity contribution is -0.125. The molecule has 292 valence electrons. The van der Waals surface area contributed by atoms with Crippen LogP contribution >= 0.6 is 39.1 Å². The van der Waals surface area contributed by atoms with E-state index in [4.69, 9.17) is 37.4 Å². The molecule has 0 spiro atoms. The van der Waals surface area contributed by atoms with Crippen molar-refractivity contribution in [3.05, 3.63) is 117 Å². The third-order valence-corrected chi connectivity index (χ3v) is 13.4. The Morgan fingerprint density at radius 1 is 0.789 bits per heavy atom. The first-order valence-electron chi connectivity index (χ1n) is 17.9. The zero-order valence-corrected chi connectivity index (χ0v) is 33.8. The summed E-state index contributed by atoms with van der Waals surface area (Å²) in [7, 11) is 4.52. The average Bonchev–Trinajstić information content (AvgIpc) is 3.55.